The molecule has 0 aromatic rings. The van der Waals surface area contributed by atoms with Gasteiger partial charge >= 0.3 is 12.0 Å². The van der Waals surface area contributed by atoms with Crippen molar-refractivity contribution in [2.24, 2.45) is 0 Å². The molecule has 1 aliphatic heterocycles. The second-order valence-electron chi connectivity index (χ2n) is 4.93. The number of hydrogen-bond acceptors (Lipinski definition) is 3. The molecule has 1 aliphatic rings. The van der Waals surface area contributed by atoms with Crippen LogP contribution in [0.1, 0.15) is 45.4 Å². The van der Waals surface area contributed by atoms with Crippen LogP contribution in [-0.4, -0.2) is 42.4 Å². The molecule has 1 saturated heterocycles. The lowest BCUT2D eigenvalue weighted by Crippen LogP contribution is -2.45. The van der Waals surface area contributed by atoms with E-state index in [2.05, 4.69) is 10.6 Å². The second kappa shape index (κ2) is 8.74. The van der Waals surface area contributed by atoms with Crippen molar-refractivity contribution in [3.63, 3.8) is 0 Å². The van der Waals surface area contributed by atoms with Gasteiger partial charge in [-0.2, -0.15) is 0 Å². The van der Waals surface area contributed by atoms with Gasteiger partial charge in [-0.15, -0.1) is 0 Å². The van der Waals surface area contributed by atoms with Gasteiger partial charge in [0.2, 0.25) is 0 Å². The van der Waals surface area contributed by atoms with Gasteiger partial charge in [0.05, 0.1) is 12.1 Å². The van der Waals surface area contributed by atoms with E-state index in [1.807, 2.05) is 6.92 Å². The SMILES string of the molecule is CC1OCCC1NC(=O)NCCCCCCC(=O)O. The van der Waals surface area contributed by atoms with Crippen LogP contribution in [-0.2, 0) is 9.53 Å². The fourth-order valence-corrected chi connectivity index (χ4v) is 2.10. The van der Waals surface area contributed by atoms with Crippen molar-refractivity contribution in [2.45, 2.75) is 57.6 Å². The molecule has 2 amide bonds. The Kier molecular flexibility index (Phi) is 7.25. The predicted octanol–water partition coefficient (Wildman–Crippen LogP) is 1.50. The number of carboxylic acid groups (broad SMARTS) is 1. The number of unbranched alkanes of at least 4 members (excludes halogenated alkanes) is 3. The molecule has 2 atom stereocenters. The average molecular weight is 272 g/mol. The molecule has 0 saturated carbocycles. The molecule has 6 heteroatoms. The molecule has 0 aromatic heterocycles. The Morgan fingerprint density at radius 3 is 2.63 bits per heavy atom. The van der Waals surface area contributed by atoms with Crippen molar-refractivity contribution in [3.05, 3.63) is 0 Å². The minimum absolute atomic E-state index is 0.0850. The maximum atomic E-state index is 11.6. The van der Waals surface area contributed by atoms with E-state index in [9.17, 15) is 9.59 Å². The molecule has 0 spiro atoms. The molecule has 0 radical (unpaired) electrons. The van der Waals surface area contributed by atoms with Gasteiger partial charge in [-0.3, -0.25) is 4.79 Å². The molecule has 1 rings (SSSR count). The number of carbonyl (C=O) groups is 2. The number of amides is 2. The van der Waals surface area contributed by atoms with Crippen LogP contribution in [0.2, 0.25) is 0 Å². The maximum absolute atomic E-state index is 11.6. The first-order valence-electron chi connectivity index (χ1n) is 6.97. The molecule has 6 nitrogen and oxygen atoms in total. The van der Waals surface area contributed by atoms with Crippen molar-refractivity contribution in [1.29, 1.82) is 0 Å². The molecule has 3 N–H and O–H groups in total. The van der Waals surface area contributed by atoms with Crippen LogP contribution >= 0.6 is 0 Å². The molecule has 2 unspecified atom stereocenters. The maximum Gasteiger partial charge on any atom is 0.315 e. The third-order valence-electron chi connectivity index (χ3n) is 3.30. The van der Waals surface area contributed by atoms with Crippen LogP contribution in [0.5, 0.6) is 0 Å². The molecular formula is C13H24N2O4. The Morgan fingerprint density at radius 1 is 1.26 bits per heavy atom. The van der Waals surface area contributed by atoms with E-state index in [-0.39, 0.29) is 24.6 Å². The van der Waals surface area contributed by atoms with Crippen LogP contribution in [0.4, 0.5) is 4.79 Å². The normalized spacial score (nSPS) is 22.2. The molecular weight excluding hydrogens is 248 g/mol. The van der Waals surface area contributed by atoms with E-state index in [0.717, 1.165) is 25.7 Å². The lowest BCUT2D eigenvalue weighted by atomic mass is 10.1. The highest BCUT2D eigenvalue weighted by Crippen LogP contribution is 2.12. The number of urea groups is 1. The third-order valence-corrected chi connectivity index (χ3v) is 3.30. The fraction of sp³-hybridized carbons (Fsp3) is 0.846. The summed E-state index contributed by atoms with van der Waals surface area (Å²) in [5.74, 6) is -0.745. The summed E-state index contributed by atoms with van der Waals surface area (Å²) in [6.07, 6.45) is 4.60. The molecule has 110 valence electrons. The highest BCUT2D eigenvalue weighted by Gasteiger charge is 2.25. The first-order valence-corrected chi connectivity index (χ1v) is 6.97. The van der Waals surface area contributed by atoms with Crippen LogP contribution < -0.4 is 10.6 Å². The summed E-state index contributed by atoms with van der Waals surface area (Å²) in [5, 5.41) is 14.2. The standard InChI is InChI=1S/C13H24N2O4/c1-10-11(7-9-19-10)15-13(18)14-8-5-3-2-4-6-12(16)17/h10-11H,2-9H2,1H3,(H,16,17)(H2,14,15,18). The lowest BCUT2D eigenvalue weighted by molar-refractivity contribution is -0.137. The zero-order valence-corrected chi connectivity index (χ0v) is 11.5. The van der Waals surface area contributed by atoms with Crippen LogP contribution in [0.3, 0.4) is 0 Å². The fourth-order valence-electron chi connectivity index (χ4n) is 2.10. The van der Waals surface area contributed by atoms with Crippen LogP contribution in [0.25, 0.3) is 0 Å². The summed E-state index contributed by atoms with van der Waals surface area (Å²) >= 11 is 0. The number of nitrogens with one attached hydrogen (secondary N) is 2. The van der Waals surface area contributed by atoms with Crippen molar-refractivity contribution in [3.8, 4) is 0 Å². The Morgan fingerprint density at radius 2 is 2.00 bits per heavy atom. The van der Waals surface area contributed by atoms with Gasteiger partial charge in [0.25, 0.3) is 0 Å². The number of ether oxygens (including phenoxy) is 1. The molecule has 1 fully saturated rings. The van der Waals surface area contributed by atoms with E-state index in [0.29, 0.717) is 19.6 Å². The topological polar surface area (TPSA) is 87.7 Å². The Hall–Kier alpha value is -1.30. The quantitative estimate of drug-likeness (QED) is 0.584. The Bertz CT molecular complexity index is 296. The summed E-state index contributed by atoms with van der Waals surface area (Å²) in [5.41, 5.74) is 0. The highest BCUT2D eigenvalue weighted by molar-refractivity contribution is 5.74. The van der Waals surface area contributed by atoms with Crippen molar-refractivity contribution >= 4 is 12.0 Å². The monoisotopic (exact) mass is 272 g/mol. The number of hydrogen-bond donors (Lipinski definition) is 3. The zero-order valence-electron chi connectivity index (χ0n) is 11.5. The van der Waals surface area contributed by atoms with Gasteiger partial charge in [0.1, 0.15) is 0 Å². The predicted molar refractivity (Wildman–Crippen MR) is 71.1 cm³/mol. The molecule has 1 heterocycles. The first-order chi connectivity index (χ1) is 9.09. The largest absolute Gasteiger partial charge is 0.481 e. The first kappa shape index (κ1) is 15.8. The third kappa shape index (κ3) is 7.00. The van der Waals surface area contributed by atoms with Gasteiger partial charge in [0.15, 0.2) is 0 Å². The van der Waals surface area contributed by atoms with E-state index in [4.69, 9.17) is 9.84 Å². The summed E-state index contributed by atoms with van der Waals surface area (Å²) in [4.78, 5) is 21.9. The summed E-state index contributed by atoms with van der Waals surface area (Å²) < 4.78 is 5.37. The number of carbonyl (C=O) groups excluding carboxylic acids is 1. The Labute approximate surface area is 113 Å². The van der Waals surface area contributed by atoms with Gasteiger partial charge in [-0.1, -0.05) is 12.8 Å². The highest BCUT2D eigenvalue weighted by atomic mass is 16.5. The molecule has 0 bridgehead atoms. The summed E-state index contributed by atoms with van der Waals surface area (Å²) in [6, 6.07) is -0.0385. The van der Waals surface area contributed by atoms with Crippen molar-refractivity contribution in [2.75, 3.05) is 13.2 Å². The summed E-state index contributed by atoms with van der Waals surface area (Å²) in [7, 11) is 0. The summed E-state index contributed by atoms with van der Waals surface area (Å²) in [6.45, 7) is 3.29. The average Bonchev–Trinajstić information content (AvgIpc) is 2.73. The molecule has 0 aliphatic carbocycles. The lowest BCUT2D eigenvalue weighted by Gasteiger charge is -2.16. The zero-order chi connectivity index (χ0) is 14.1. The van der Waals surface area contributed by atoms with Gasteiger partial charge in [0, 0.05) is 19.6 Å². The van der Waals surface area contributed by atoms with E-state index < -0.39 is 5.97 Å². The van der Waals surface area contributed by atoms with Gasteiger partial charge < -0.3 is 20.5 Å². The van der Waals surface area contributed by atoms with E-state index in [1.165, 1.54) is 0 Å². The Balaban J connectivity index is 1.94. The van der Waals surface area contributed by atoms with E-state index in [1.54, 1.807) is 0 Å². The number of carboxylic acids is 1. The van der Waals surface area contributed by atoms with Crippen LogP contribution in [0, 0.1) is 0 Å². The number of aliphatic carboxylic acids is 1. The van der Waals surface area contributed by atoms with Gasteiger partial charge in [-0.05, 0) is 26.2 Å². The molecule has 0 aromatic carbocycles. The number of rotatable bonds is 8. The molecule has 19 heavy (non-hydrogen) atoms. The van der Waals surface area contributed by atoms with Crippen molar-refractivity contribution in [1.82, 2.24) is 10.6 Å². The minimum atomic E-state index is -0.745. The van der Waals surface area contributed by atoms with E-state index >= 15 is 0 Å². The van der Waals surface area contributed by atoms with Crippen molar-refractivity contribution < 1.29 is 19.4 Å². The minimum Gasteiger partial charge on any atom is -0.481 e. The second-order valence-corrected chi connectivity index (χ2v) is 4.93. The smallest absolute Gasteiger partial charge is 0.315 e. The van der Waals surface area contributed by atoms with Gasteiger partial charge in [-0.25, -0.2) is 4.79 Å². The van der Waals surface area contributed by atoms with Crippen LogP contribution in [0.15, 0.2) is 0 Å².